The Labute approximate surface area is 181 Å². The Morgan fingerprint density at radius 2 is 2.03 bits per heavy atom. The van der Waals surface area contributed by atoms with E-state index in [0.717, 1.165) is 31.4 Å². The zero-order chi connectivity index (χ0) is 22.0. The second-order valence-electron chi connectivity index (χ2n) is 8.35. The summed E-state index contributed by atoms with van der Waals surface area (Å²) in [5.74, 6) is 0.590. The van der Waals surface area contributed by atoms with E-state index >= 15 is 0 Å². The van der Waals surface area contributed by atoms with Crippen molar-refractivity contribution in [2.45, 2.75) is 32.2 Å². The van der Waals surface area contributed by atoms with Gasteiger partial charge in [-0.15, -0.1) is 0 Å². The molecule has 1 N–H and O–H groups in total. The summed E-state index contributed by atoms with van der Waals surface area (Å²) in [4.78, 5) is 32.2. The average molecular weight is 421 g/mol. The van der Waals surface area contributed by atoms with E-state index < -0.39 is 0 Å². The minimum Gasteiger partial charge on any atom is -0.493 e. The predicted molar refractivity (Wildman–Crippen MR) is 121 cm³/mol. The molecule has 0 bridgehead atoms. The Bertz CT molecular complexity index is 1170. The molecule has 1 heterocycles. The van der Waals surface area contributed by atoms with Crippen LogP contribution in [-0.2, 0) is 0 Å². The number of nitrogens with one attached hydrogen (secondary N) is 1. The summed E-state index contributed by atoms with van der Waals surface area (Å²) in [6.07, 6.45) is 4.50. The Kier molecular flexibility index (Phi) is 6.04. The highest BCUT2D eigenvalue weighted by atomic mass is 16.5. The summed E-state index contributed by atoms with van der Waals surface area (Å²) >= 11 is 0. The largest absolute Gasteiger partial charge is 0.493 e. The van der Waals surface area contributed by atoms with Gasteiger partial charge in [0.25, 0.3) is 11.5 Å². The van der Waals surface area contributed by atoms with Crippen LogP contribution in [0.1, 0.15) is 35.2 Å². The van der Waals surface area contributed by atoms with E-state index in [-0.39, 0.29) is 17.5 Å². The number of carbonyl (C=O) groups is 1. The van der Waals surface area contributed by atoms with E-state index in [1.54, 1.807) is 30.3 Å². The number of hydrogen-bond donors (Lipinski definition) is 1. The molecule has 4 rings (SSSR count). The van der Waals surface area contributed by atoms with E-state index in [9.17, 15) is 9.59 Å². The van der Waals surface area contributed by atoms with Crippen molar-refractivity contribution < 1.29 is 9.53 Å². The molecule has 2 aromatic carbocycles. The molecule has 1 amide bonds. The maximum absolute atomic E-state index is 13.2. The lowest BCUT2D eigenvalue weighted by Gasteiger charge is -2.13. The Morgan fingerprint density at radius 3 is 2.77 bits per heavy atom. The van der Waals surface area contributed by atoms with Crippen molar-refractivity contribution in [2.24, 2.45) is 0 Å². The predicted octanol–water partition coefficient (Wildman–Crippen LogP) is 2.92. The first kappa shape index (κ1) is 21.1. The van der Waals surface area contributed by atoms with Crippen LogP contribution in [0.4, 0.5) is 0 Å². The van der Waals surface area contributed by atoms with Crippen LogP contribution in [-0.4, -0.2) is 53.6 Å². The van der Waals surface area contributed by atoms with E-state index in [0.29, 0.717) is 34.5 Å². The van der Waals surface area contributed by atoms with E-state index in [1.165, 1.54) is 10.9 Å². The second-order valence-corrected chi connectivity index (χ2v) is 8.35. The van der Waals surface area contributed by atoms with Crippen LogP contribution in [0.5, 0.6) is 5.75 Å². The third-order valence-corrected chi connectivity index (χ3v) is 5.39. The smallest absolute Gasteiger partial charge is 0.265 e. The van der Waals surface area contributed by atoms with Gasteiger partial charge in [-0.2, -0.15) is 0 Å². The number of benzene rings is 2. The van der Waals surface area contributed by atoms with Gasteiger partial charge in [0.2, 0.25) is 0 Å². The van der Waals surface area contributed by atoms with Crippen molar-refractivity contribution in [3.63, 3.8) is 0 Å². The number of fused-ring (bicyclic) bond motifs is 1. The second kappa shape index (κ2) is 8.89. The zero-order valence-electron chi connectivity index (χ0n) is 18.2. The molecule has 0 unspecified atom stereocenters. The molecular weight excluding hydrogens is 392 g/mol. The molecule has 0 aliphatic heterocycles. The minimum atomic E-state index is -0.174. The summed E-state index contributed by atoms with van der Waals surface area (Å²) in [5.41, 5.74) is 2.51. The normalized spacial score (nSPS) is 13.5. The lowest BCUT2D eigenvalue weighted by atomic mass is 10.1. The molecule has 3 aromatic rings. The molecule has 0 spiro atoms. The van der Waals surface area contributed by atoms with E-state index in [1.807, 2.05) is 27.1 Å². The van der Waals surface area contributed by atoms with Crippen molar-refractivity contribution in [3.05, 3.63) is 64.2 Å². The van der Waals surface area contributed by atoms with Gasteiger partial charge in [-0.3, -0.25) is 14.2 Å². The summed E-state index contributed by atoms with van der Waals surface area (Å²) in [6.45, 7) is 3.47. The van der Waals surface area contributed by atoms with Gasteiger partial charge in [0.15, 0.2) is 0 Å². The lowest BCUT2D eigenvalue weighted by molar-refractivity contribution is 0.0951. The molecule has 0 saturated heterocycles. The average Bonchev–Trinajstić information content (AvgIpc) is 3.56. The van der Waals surface area contributed by atoms with E-state index in [2.05, 4.69) is 15.2 Å². The topological polar surface area (TPSA) is 76.5 Å². The van der Waals surface area contributed by atoms with Gasteiger partial charge in [0.1, 0.15) is 12.1 Å². The van der Waals surface area contributed by atoms with Gasteiger partial charge in [0, 0.05) is 24.2 Å². The Hall–Kier alpha value is -3.19. The number of amides is 1. The van der Waals surface area contributed by atoms with E-state index in [4.69, 9.17) is 4.74 Å². The van der Waals surface area contributed by atoms with Crippen molar-refractivity contribution >= 4 is 16.8 Å². The summed E-state index contributed by atoms with van der Waals surface area (Å²) < 4.78 is 7.30. The third kappa shape index (κ3) is 4.94. The SMILES string of the molecule is Cc1ccc(C(=O)NC2CC2)cc1-n1cnc2cc(OCCCN(C)C)ccc2c1=O. The first-order valence-electron chi connectivity index (χ1n) is 10.6. The molecule has 162 valence electrons. The standard InChI is InChI=1S/C24H28N4O3/c1-16-5-6-17(23(29)26-18-7-8-18)13-22(16)28-15-25-21-14-19(9-10-20(21)24(28)30)31-12-4-11-27(2)3/h5-6,9-10,13-15,18H,4,7-8,11-12H2,1-3H3,(H,26,29). The van der Waals surface area contributed by atoms with Crippen LogP contribution < -0.4 is 15.6 Å². The fourth-order valence-electron chi connectivity index (χ4n) is 3.44. The summed E-state index contributed by atoms with van der Waals surface area (Å²) in [6, 6.07) is 11.0. The number of aromatic nitrogens is 2. The van der Waals surface area contributed by atoms with Gasteiger partial charge in [-0.05, 0) is 70.1 Å². The van der Waals surface area contributed by atoms with Crippen LogP contribution in [0.2, 0.25) is 0 Å². The van der Waals surface area contributed by atoms with Crippen molar-refractivity contribution in [2.75, 3.05) is 27.2 Å². The van der Waals surface area contributed by atoms with Crippen LogP contribution in [0.25, 0.3) is 16.6 Å². The molecule has 7 nitrogen and oxygen atoms in total. The number of hydrogen-bond acceptors (Lipinski definition) is 5. The fraction of sp³-hybridized carbons (Fsp3) is 0.375. The number of ether oxygens (including phenoxy) is 1. The molecule has 0 atom stereocenters. The van der Waals surface area contributed by atoms with Crippen molar-refractivity contribution in [1.29, 1.82) is 0 Å². The molecule has 1 aliphatic carbocycles. The van der Waals surface area contributed by atoms with Crippen molar-refractivity contribution in [1.82, 2.24) is 19.8 Å². The molecule has 1 fully saturated rings. The minimum absolute atomic E-state index is 0.110. The summed E-state index contributed by atoms with van der Waals surface area (Å²) in [5, 5.41) is 3.50. The van der Waals surface area contributed by atoms with Crippen LogP contribution >= 0.6 is 0 Å². The van der Waals surface area contributed by atoms with Gasteiger partial charge in [-0.1, -0.05) is 6.07 Å². The number of aryl methyl sites for hydroxylation is 1. The van der Waals surface area contributed by atoms with Crippen LogP contribution in [0.15, 0.2) is 47.5 Å². The molecule has 1 aromatic heterocycles. The van der Waals surface area contributed by atoms with Gasteiger partial charge >= 0.3 is 0 Å². The number of rotatable bonds is 8. The molecule has 0 radical (unpaired) electrons. The number of carbonyl (C=O) groups excluding carboxylic acids is 1. The first-order chi connectivity index (χ1) is 14.9. The summed E-state index contributed by atoms with van der Waals surface area (Å²) in [7, 11) is 4.06. The van der Waals surface area contributed by atoms with Gasteiger partial charge in [0.05, 0.1) is 23.2 Å². The lowest BCUT2D eigenvalue weighted by Crippen LogP contribution is -2.26. The number of nitrogens with zero attached hydrogens (tertiary/aromatic N) is 3. The zero-order valence-corrected chi connectivity index (χ0v) is 18.2. The maximum Gasteiger partial charge on any atom is 0.265 e. The third-order valence-electron chi connectivity index (χ3n) is 5.39. The first-order valence-corrected chi connectivity index (χ1v) is 10.6. The monoisotopic (exact) mass is 420 g/mol. The molecule has 1 aliphatic rings. The maximum atomic E-state index is 13.2. The van der Waals surface area contributed by atoms with Crippen LogP contribution in [0.3, 0.4) is 0 Å². The highest BCUT2D eigenvalue weighted by Crippen LogP contribution is 2.22. The molecule has 7 heteroatoms. The fourth-order valence-corrected chi connectivity index (χ4v) is 3.44. The Morgan fingerprint density at radius 1 is 1.23 bits per heavy atom. The van der Waals surface area contributed by atoms with Crippen molar-refractivity contribution in [3.8, 4) is 11.4 Å². The van der Waals surface area contributed by atoms with Gasteiger partial charge in [-0.25, -0.2) is 4.98 Å². The molecule has 1 saturated carbocycles. The highest BCUT2D eigenvalue weighted by molar-refractivity contribution is 5.95. The molecule has 31 heavy (non-hydrogen) atoms. The van der Waals surface area contributed by atoms with Crippen LogP contribution in [0, 0.1) is 6.92 Å². The quantitative estimate of drug-likeness (QED) is 0.567. The van der Waals surface area contributed by atoms with Gasteiger partial charge < -0.3 is 15.0 Å². The molecular formula is C24H28N4O3. The Balaban J connectivity index is 1.60. The highest BCUT2D eigenvalue weighted by Gasteiger charge is 2.24.